The van der Waals surface area contributed by atoms with Crippen LogP contribution in [-0.4, -0.2) is 35.0 Å². The number of carbonyl (C=O) groups excluding carboxylic acids is 1. The second-order valence-corrected chi connectivity index (χ2v) is 5.84. The molecular formula is C13H21NO3. The summed E-state index contributed by atoms with van der Waals surface area (Å²) < 4.78 is 0. The molecule has 96 valence electrons. The van der Waals surface area contributed by atoms with Crippen LogP contribution >= 0.6 is 0 Å². The molecule has 1 saturated carbocycles. The zero-order valence-corrected chi connectivity index (χ0v) is 10.6. The molecule has 0 aromatic rings. The maximum atomic E-state index is 11.9. The van der Waals surface area contributed by atoms with E-state index in [2.05, 4.69) is 0 Å². The molecule has 0 aromatic carbocycles. The number of hydrogen-bond donors (Lipinski definition) is 1. The monoisotopic (exact) mass is 239 g/mol. The van der Waals surface area contributed by atoms with Gasteiger partial charge in [0.1, 0.15) is 0 Å². The fourth-order valence-corrected chi connectivity index (χ4v) is 2.77. The molecule has 17 heavy (non-hydrogen) atoms. The normalized spacial score (nSPS) is 28.8. The van der Waals surface area contributed by atoms with E-state index in [1.54, 1.807) is 4.90 Å². The second kappa shape index (κ2) is 4.67. The van der Waals surface area contributed by atoms with Crippen molar-refractivity contribution in [1.29, 1.82) is 0 Å². The van der Waals surface area contributed by atoms with Crippen LogP contribution in [0.5, 0.6) is 0 Å². The number of amides is 1. The van der Waals surface area contributed by atoms with Crippen molar-refractivity contribution >= 4 is 11.9 Å². The van der Waals surface area contributed by atoms with Crippen molar-refractivity contribution in [3.8, 4) is 0 Å². The van der Waals surface area contributed by atoms with Crippen LogP contribution in [0.2, 0.25) is 0 Å². The lowest BCUT2D eigenvalue weighted by molar-refractivity contribution is -0.142. The van der Waals surface area contributed by atoms with Crippen molar-refractivity contribution in [2.75, 3.05) is 13.1 Å². The number of carboxylic acids is 1. The van der Waals surface area contributed by atoms with Crippen LogP contribution < -0.4 is 0 Å². The summed E-state index contributed by atoms with van der Waals surface area (Å²) >= 11 is 0. The molecule has 2 fully saturated rings. The predicted octanol–water partition coefficient (Wildman–Crippen LogP) is 1.60. The van der Waals surface area contributed by atoms with Gasteiger partial charge < -0.3 is 10.0 Å². The van der Waals surface area contributed by atoms with E-state index in [0.717, 1.165) is 12.8 Å². The summed E-state index contributed by atoms with van der Waals surface area (Å²) in [5, 5.41) is 9.20. The van der Waals surface area contributed by atoms with Gasteiger partial charge in [0.2, 0.25) is 5.91 Å². The van der Waals surface area contributed by atoms with Crippen LogP contribution in [0.3, 0.4) is 0 Å². The Bertz CT molecular complexity index is 323. The first kappa shape index (κ1) is 12.4. The maximum absolute atomic E-state index is 11.9. The van der Waals surface area contributed by atoms with Crippen molar-refractivity contribution in [1.82, 2.24) is 4.90 Å². The first-order valence-corrected chi connectivity index (χ1v) is 6.49. The third kappa shape index (κ3) is 2.79. The number of carboxylic acid groups (broad SMARTS) is 1. The van der Waals surface area contributed by atoms with Gasteiger partial charge in [0.25, 0.3) is 0 Å². The number of hydrogen-bond acceptors (Lipinski definition) is 2. The van der Waals surface area contributed by atoms with E-state index in [1.807, 2.05) is 13.8 Å². The Labute approximate surface area is 102 Å². The van der Waals surface area contributed by atoms with Crippen LogP contribution in [0.15, 0.2) is 0 Å². The van der Waals surface area contributed by atoms with Crippen molar-refractivity contribution in [2.45, 2.75) is 33.1 Å². The summed E-state index contributed by atoms with van der Waals surface area (Å²) in [5.41, 5.74) is 0. The third-order valence-corrected chi connectivity index (χ3v) is 3.85. The Kier molecular flexibility index (Phi) is 3.40. The molecule has 2 rings (SSSR count). The van der Waals surface area contributed by atoms with Crippen molar-refractivity contribution in [2.24, 2.45) is 23.7 Å². The Balaban J connectivity index is 1.98. The van der Waals surface area contributed by atoms with Crippen molar-refractivity contribution < 1.29 is 14.7 Å². The average molecular weight is 239 g/mol. The van der Waals surface area contributed by atoms with E-state index in [1.165, 1.54) is 0 Å². The summed E-state index contributed by atoms with van der Waals surface area (Å²) in [6.45, 7) is 5.11. The molecule has 1 heterocycles. The van der Waals surface area contributed by atoms with Gasteiger partial charge in [-0.2, -0.15) is 0 Å². The van der Waals surface area contributed by atoms with Crippen LogP contribution in [-0.2, 0) is 9.59 Å². The molecule has 0 radical (unpaired) electrons. The van der Waals surface area contributed by atoms with Gasteiger partial charge in [0.05, 0.1) is 5.92 Å². The fourth-order valence-electron chi connectivity index (χ4n) is 2.77. The lowest BCUT2D eigenvalue weighted by Crippen LogP contribution is -2.30. The van der Waals surface area contributed by atoms with E-state index in [0.29, 0.717) is 31.3 Å². The zero-order valence-electron chi connectivity index (χ0n) is 10.6. The van der Waals surface area contributed by atoms with Gasteiger partial charge in [-0.05, 0) is 30.6 Å². The molecule has 4 nitrogen and oxygen atoms in total. The molecule has 0 unspecified atom stereocenters. The molecule has 1 aliphatic heterocycles. The standard InChI is InChI=1S/C13H21NO3/c1-8(2)5-12(15)14-6-10(9-3-4-9)11(7-14)13(16)17/h8-11H,3-7H2,1-2H3,(H,16,17)/t10-,11+/m1/s1. The summed E-state index contributed by atoms with van der Waals surface area (Å²) in [7, 11) is 0. The Hall–Kier alpha value is -1.06. The largest absolute Gasteiger partial charge is 0.481 e. The molecule has 1 saturated heterocycles. The molecule has 0 aromatic heterocycles. The van der Waals surface area contributed by atoms with Crippen molar-refractivity contribution in [3.05, 3.63) is 0 Å². The summed E-state index contributed by atoms with van der Waals surface area (Å²) in [6, 6.07) is 0. The van der Waals surface area contributed by atoms with Gasteiger partial charge in [-0.15, -0.1) is 0 Å². The quantitative estimate of drug-likeness (QED) is 0.810. The maximum Gasteiger partial charge on any atom is 0.308 e. The van der Waals surface area contributed by atoms with Gasteiger partial charge in [0, 0.05) is 19.5 Å². The average Bonchev–Trinajstić information content (AvgIpc) is 2.95. The van der Waals surface area contributed by atoms with Crippen LogP contribution in [0.25, 0.3) is 0 Å². The lowest BCUT2D eigenvalue weighted by Gasteiger charge is -2.17. The summed E-state index contributed by atoms with van der Waals surface area (Å²) in [4.78, 5) is 24.9. The van der Waals surface area contributed by atoms with E-state index in [9.17, 15) is 14.7 Å². The van der Waals surface area contributed by atoms with Crippen molar-refractivity contribution in [3.63, 3.8) is 0 Å². The second-order valence-electron chi connectivity index (χ2n) is 5.84. The van der Waals surface area contributed by atoms with Crippen LogP contribution in [0.4, 0.5) is 0 Å². The number of likely N-dealkylation sites (tertiary alicyclic amines) is 1. The van der Waals surface area contributed by atoms with Gasteiger partial charge in [-0.1, -0.05) is 13.8 Å². The van der Waals surface area contributed by atoms with E-state index in [4.69, 9.17) is 0 Å². The van der Waals surface area contributed by atoms with E-state index in [-0.39, 0.29) is 17.7 Å². The third-order valence-electron chi connectivity index (χ3n) is 3.85. The summed E-state index contributed by atoms with van der Waals surface area (Å²) in [5.74, 6) is 0.136. The minimum Gasteiger partial charge on any atom is -0.481 e. The smallest absolute Gasteiger partial charge is 0.308 e. The number of aliphatic carboxylic acids is 1. The number of rotatable bonds is 4. The summed E-state index contributed by atoms with van der Waals surface area (Å²) in [6.07, 6.45) is 2.81. The highest BCUT2D eigenvalue weighted by Crippen LogP contribution is 2.44. The Morgan fingerprint density at radius 2 is 1.94 bits per heavy atom. The van der Waals surface area contributed by atoms with Crippen LogP contribution in [0, 0.1) is 23.7 Å². The molecule has 0 bridgehead atoms. The molecule has 0 spiro atoms. The molecule has 1 amide bonds. The Morgan fingerprint density at radius 3 is 2.41 bits per heavy atom. The number of carbonyl (C=O) groups is 2. The fraction of sp³-hybridized carbons (Fsp3) is 0.846. The highest BCUT2D eigenvalue weighted by molar-refractivity contribution is 5.79. The van der Waals surface area contributed by atoms with Gasteiger partial charge >= 0.3 is 5.97 Å². The Morgan fingerprint density at radius 1 is 1.29 bits per heavy atom. The molecule has 1 N–H and O–H groups in total. The lowest BCUT2D eigenvalue weighted by atomic mass is 9.92. The van der Waals surface area contributed by atoms with E-state index >= 15 is 0 Å². The SMILES string of the molecule is CC(C)CC(=O)N1C[C@H](C(=O)O)[C@@H](C2CC2)C1. The minimum absolute atomic E-state index is 0.120. The topological polar surface area (TPSA) is 57.6 Å². The zero-order chi connectivity index (χ0) is 12.6. The minimum atomic E-state index is -0.734. The highest BCUT2D eigenvalue weighted by Gasteiger charge is 2.46. The molecule has 4 heteroatoms. The van der Waals surface area contributed by atoms with Gasteiger partial charge in [-0.25, -0.2) is 0 Å². The van der Waals surface area contributed by atoms with Crippen LogP contribution in [0.1, 0.15) is 33.1 Å². The molecule has 1 aliphatic carbocycles. The molecule has 2 aliphatic rings. The first-order valence-electron chi connectivity index (χ1n) is 6.49. The van der Waals surface area contributed by atoms with E-state index < -0.39 is 5.97 Å². The predicted molar refractivity (Wildman–Crippen MR) is 63.4 cm³/mol. The highest BCUT2D eigenvalue weighted by atomic mass is 16.4. The molecule has 2 atom stereocenters. The number of nitrogens with zero attached hydrogens (tertiary/aromatic N) is 1. The first-order chi connectivity index (χ1) is 7.99. The van der Waals surface area contributed by atoms with Gasteiger partial charge in [0.15, 0.2) is 0 Å². The molecular weight excluding hydrogens is 218 g/mol. The van der Waals surface area contributed by atoms with Gasteiger partial charge in [-0.3, -0.25) is 9.59 Å².